The van der Waals surface area contributed by atoms with Crippen molar-refractivity contribution in [1.29, 1.82) is 0 Å². The van der Waals surface area contributed by atoms with Crippen molar-refractivity contribution in [2.75, 3.05) is 38.0 Å². The number of rotatable bonds is 4. The molecule has 1 amide bonds. The third-order valence-electron chi connectivity index (χ3n) is 4.21. The van der Waals surface area contributed by atoms with E-state index >= 15 is 0 Å². The summed E-state index contributed by atoms with van der Waals surface area (Å²) < 4.78 is 0. The minimum absolute atomic E-state index is 0.0210. The molecule has 1 aliphatic heterocycles. The first-order valence-corrected chi connectivity index (χ1v) is 8.35. The minimum Gasteiger partial charge on any atom is -0.335 e. The molecular formula is C18H23N5O. The van der Waals surface area contributed by atoms with Gasteiger partial charge in [0.05, 0.1) is 0 Å². The number of nitrogens with zero attached hydrogens (tertiary/aromatic N) is 4. The minimum atomic E-state index is -0.0210. The zero-order valence-corrected chi connectivity index (χ0v) is 14.2. The molecule has 0 unspecified atom stereocenters. The average Bonchev–Trinajstić information content (AvgIpc) is 2.61. The van der Waals surface area contributed by atoms with Crippen LogP contribution in [-0.4, -0.2) is 58.4 Å². The lowest BCUT2D eigenvalue weighted by atomic mass is 10.2. The number of hydrogen-bond donors (Lipinski definition) is 1. The Kier molecular flexibility index (Phi) is 5.05. The topological polar surface area (TPSA) is 61.4 Å². The van der Waals surface area contributed by atoms with Gasteiger partial charge in [-0.15, -0.1) is 0 Å². The van der Waals surface area contributed by atoms with Crippen LogP contribution >= 0.6 is 0 Å². The monoisotopic (exact) mass is 325 g/mol. The fourth-order valence-corrected chi connectivity index (χ4v) is 2.81. The predicted molar refractivity (Wildman–Crippen MR) is 94.5 cm³/mol. The lowest BCUT2D eigenvalue weighted by molar-refractivity contribution is 0.0637. The van der Waals surface area contributed by atoms with Crippen LogP contribution in [0.15, 0.2) is 36.4 Å². The van der Waals surface area contributed by atoms with Gasteiger partial charge in [0.25, 0.3) is 5.91 Å². The zero-order valence-electron chi connectivity index (χ0n) is 14.2. The Morgan fingerprint density at radius 3 is 2.50 bits per heavy atom. The summed E-state index contributed by atoms with van der Waals surface area (Å²) in [6.45, 7) is 8.38. The summed E-state index contributed by atoms with van der Waals surface area (Å²) in [6.07, 6.45) is 0. The molecule has 0 saturated carbocycles. The summed E-state index contributed by atoms with van der Waals surface area (Å²) in [5.74, 6) is 0.434. The average molecular weight is 325 g/mol. The second-order valence-electron chi connectivity index (χ2n) is 5.94. The molecule has 0 atom stereocenters. The Balaban J connectivity index is 1.75. The number of hydrogen-bond acceptors (Lipinski definition) is 5. The normalized spacial score (nSPS) is 15.3. The van der Waals surface area contributed by atoms with Crippen molar-refractivity contribution in [1.82, 2.24) is 19.8 Å². The Morgan fingerprint density at radius 2 is 1.83 bits per heavy atom. The number of anilines is 2. The lowest BCUT2D eigenvalue weighted by Gasteiger charge is -2.33. The van der Waals surface area contributed by atoms with Gasteiger partial charge < -0.3 is 15.1 Å². The van der Waals surface area contributed by atoms with E-state index in [9.17, 15) is 4.79 Å². The molecule has 126 valence electrons. The van der Waals surface area contributed by atoms with Crippen LogP contribution in [0.3, 0.4) is 0 Å². The van der Waals surface area contributed by atoms with Crippen molar-refractivity contribution in [3.63, 3.8) is 0 Å². The molecule has 1 aromatic carbocycles. The Labute approximate surface area is 142 Å². The van der Waals surface area contributed by atoms with Crippen molar-refractivity contribution >= 4 is 17.5 Å². The lowest BCUT2D eigenvalue weighted by Crippen LogP contribution is -2.48. The van der Waals surface area contributed by atoms with Crippen molar-refractivity contribution in [3.8, 4) is 0 Å². The number of nitrogens with one attached hydrogen (secondary N) is 1. The molecule has 2 heterocycles. The number of carbonyl (C=O) groups is 1. The van der Waals surface area contributed by atoms with Crippen molar-refractivity contribution in [2.24, 2.45) is 0 Å². The number of carbonyl (C=O) groups excluding carboxylic acids is 1. The Bertz CT molecular complexity index is 696. The van der Waals surface area contributed by atoms with Crippen LogP contribution in [0.1, 0.15) is 23.1 Å². The van der Waals surface area contributed by atoms with Gasteiger partial charge in [-0.25, -0.2) is 9.97 Å². The number of para-hydroxylation sites is 1. The molecule has 6 nitrogen and oxygen atoms in total. The van der Waals surface area contributed by atoms with Crippen molar-refractivity contribution in [3.05, 3.63) is 47.8 Å². The first-order chi connectivity index (χ1) is 11.7. The molecule has 1 saturated heterocycles. The van der Waals surface area contributed by atoms with Gasteiger partial charge in [0.15, 0.2) is 0 Å². The fraction of sp³-hybridized carbons (Fsp3) is 0.389. The molecule has 1 fully saturated rings. The molecule has 0 aliphatic carbocycles. The van der Waals surface area contributed by atoms with Crippen LogP contribution in [0.5, 0.6) is 0 Å². The Hall–Kier alpha value is -2.47. The van der Waals surface area contributed by atoms with E-state index in [0.29, 0.717) is 11.6 Å². The maximum absolute atomic E-state index is 12.7. The summed E-state index contributed by atoms with van der Waals surface area (Å²) in [7, 11) is 0. The molecule has 6 heteroatoms. The largest absolute Gasteiger partial charge is 0.335 e. The van der Waals surface area contributed by atoms with Crippen LogP contribution in [0.25, 0.3) is 0 Å². The first kappa shape index (κ1) is 16.4. The maximum Gasteiger partial charge on any atom is 0.272 e. The van der Waals surface area contributed by atoms with E-state index in [2.05, 4.69) is 27.1 Å². The molecule has 3 rings (SSSR count). The maximum atomic E-state index is 12.7. The number of likely N-dealkylation sites (N-methyl/N-ethyl adjacent to an activating group) is 1. The SMILES string of the molecule is CCN1CCN(C(=O)c2cc(C)nc(Nc3ccccc3)n2)CC1. The molecule has 2 aromatic rings. The number of aryl methyl sites for hydroxylation is 1. The molecule has 1 aromatic heterocycles. The number of piperazine rings is 1. The van der Waals surface area contributed by atoms with Gasteiger partial charge in [0.2, 0.25) is 5.95 Å². The number of aromatic nitrogens is 2. The van der Waals surface area contributed by atoms with E-state index in [4.69, 9.17) is 0 Å². The second kappa shape index (κ2) is 7.40. The van der Waals surface area contributed by atoms with Gasteiger partial charge in [-0.1, -0.05) is 25.1 Å². The fourth-order valence-electron chi connectivity index (χ4n) is 2.81. The van der Waals surface area contributed by atoms with Gasteiger partial charge in [-0.2, -0.15) is 0 Å². The van der Waals surface area contributed by atoms with Crippen molar-refractivity contribution < 1.29 is 4.79 Å². The predicted octanol–water partition coefficient (Wildman–Crippen LogP) is 2.31. The summed E-state index contributed by atoms with van der Waals surface area (Å²) in [6, 6.07) is 11.5. The number of benzene rings is 1. The first-order valence-electron chi connectivity index (χ1n) is 8.35. The van der Waals surface area contributed by atoms with Gasteiger partial charge in [0.1, 0.15) is 5.69 Å². The van der Waals surface area contributed by atoms with Crippen LogP contribution in [0.4, 0.5) is 11.6 Å². The summed E-state index contributed by atoms with van der Waals surface area (Å²) in [4.78, 5) is 25.8. The van der Waals surface area contributed by atoms with E-state index in [1.54, 1.807) is 6.07 Å². The van der Waals surface area contributed by atoms with Gasteiger partial charge >= 0.3 is 0 Å². The smallest absolute Gasteiger partial charge is 0.272 e. The quantitative estimate of drug-likeness (QED) is 0.935. The van der Waals surface area contributed by atoms with E-state index < -0.39 is 0 Å². The molecule has 0 radical (unpaired) electrons. The molecule has 0 bridgehead atoms. The highest BCUT2D eigenvalue weighted by Gasteiger charge is 2.23. The summed E-state index contributed by atoms with van der Waals surface area (Å²) in [5.41, 5.74) is 2.13. The Morgan fingerprint density at radius 1 is 1.12 bits per heavy atom. The van der Waals surface area contributed by atoms with Crippen LogP contribution in [0.2, 0.25) is 0 Å². The molecule has 1 aliphatic rings. The summed E-state index contributed by atoms with van der Waals surface area (Å²) in [5, 5.41) is 3.16. The molecule has 0 spiro atoms. The second-order valence-corrected chi connectivity index (χ2v) is 5.94. The molecule has 1 N–H and O–H groups in total. The summed E-state index contributed by atoms with van der Waals surface area (Å²) >= 11 is 0. The standard InChI is InChI=1S/C18H23N5O/c1-3-22-9-11-23(12-10-22)17(24)16-13-14(2)19-18(21-16)20-15-7-5-4-6-8-15/h4-8,13H,3,9-12H2,1-2H3,(H,19,20,21). The van der Waals surface area contributed by atoms with Crippen molar-refractivity contribution in [2.45, 2.75) is 13.8 Å². The van der Waals surface area contributed by atoms with E-state index in [0.717, 1.165) is 44.1 Å². The van der Waals surface area contributed by atoms with E-state index in [1.807, 2.05) is 42.2 Å². The van der Waals surface area contributed by atoms with Gasteiger partial charge in [-0.3, -0.25) is 4.79 Å². The van der Waals surface area contributed by atoms with Gasteiger partial charge in [0, 0.05) is 37.6 Å². The van der Waals surface area contributed by atoms with Crippen LogP contribution < -0.4 is 5.32 Å². The van der Waals surface area contributed by atoms with E-state index in [-0.39, 0.29) is 5.91 Å². The highest BCUT2D eigenvalue weighted by Crippen LogP contribution is 2.15. The van der Waals surface area contributed by atoms with Crippen LogP contribution in [-0.2, 0) is 0 Å². The highest BCUT2D eigenvalue weighted by atomic mass is 16.2. The molecular weight excluding hydrogens is 302 g/mol. The zero-order chi connectivity index (χ0) is 16.9. The number of amides is 1. The molecule has 24 heavy (non-hydrogen) atoms. The van der Waals surface area contributed by atoms with Crippen LogP contribution in [0, 0.1) is 6.92 Å². The third kappa shape index (κ3) is 3.89. The highest BCUT2D eigenvalue weighted by molar-refractivity contribution is 5.92. The third-order valence-corrected chi connectivity index (χ3v) is 4.21. The van der Waals surface area contributed by atoms with Gasteiger partial charge in [-0.05, 0) is 31.7 Å². The van der Waals surface area contributed by atoms with E-state index in [1.165, 1.54) is 0 Å².